The Labute approximate surface area is 236 Å². The Balaban J connectivity index is 0.000000288. The molecule has 2 heterocycles. The minimum atomic E-state index is -0.326. The van der Waals surface area contributed by atoms with Crippen LogP contribution in [0.4, 0.5) is 10.1 Å². The minimum absolute atomic E-state index is 0.0500. The van der Waals surface area contributed by atoms with E-state index in [4.69, 9.17) is 5.26 Å². The average Bonchev–Trinajstić information content (AvgIpc) is 3.31. The summed E-state index contributed by atoms with van der Waals surface area (Å²) in [7, 11) is 1.55. The lowest BCUT2D eigenvalue weighted by Gasteiger charge is -2.21. The summed E-state index contributed by atoms with van der Waals surface area (Å²) in [4.78, 5) is 38.7. The van der Waals surface area contributed by atoms with Gasteiger partial charge in [-0.25, -0.2) is 4.39 Å². The SMILES string of the molecule is CC(C)C.CC1CC(C#N)N(C(=O)CN(C)C=O)C1.Cc1cccc2ncc(F)cc12.O=CNc1ccccc1. The van der Waals surface area contributed by atoms with Gasteiger partial charge >= 0.3 is 0 Å². The summed E-state index contributed by atoms with van der Waals surface area (Å²) >= 11 is 0. The molecular weight excluding hydrogens is 509 g/mol. The van der Waals surface area contributed by atoms with Crippen LogP contribution >= 0.6 is 0 Å². The average molecular weight is 550 g/mol. The summed E-state index contributed by atoms with van der Waals surface area (Å²) in [6.45, 7) is 11.1. The highest BCUT2D eigenvalue weighted by Gasteiger charge is 2.33. The quantitative estimate of drug-likeness (QED) is 0.427. The standard InChI is InChI=1S/C10H8FN.C10H15N3O2.C7H7NO.C4H10/c1-7-3-2-4-10-9(7)5-8(11)6-12-10;1-8-3-9(4-11)13(5-8)10(15)6-12(2)7-14;9-6-8-7-4-2-1-3-5-7;1-4(2)3/h2-6H,1H3;7-9H,3,5-6H2,1-2H3;1-6H,(H,8,9);4H,1-3H3. The number of anilines is 1. The molecule has 214 valence electrons. The monoisotopic (exact) mass is 549 g/mol. The van der Waals surface area contributed by atoms with Crippen LogP contribution in [-0.2, 0) is 14.4 Å². The van der Waals surface area contributed by atoms with E-state index in [1.54, 1.807) is 11.9 Å². The molecule has 1 fully saturated rings. The summed E-state index contributed by atoms with van der Waals surface area (Å²) in [5, 5.41) is 12.3. The number of aromatic nitrogens is 1. The second kappa shape index (κ2) is 18.1. The first-order chi connectivity index (χ1) is 19.0. The number of hydrogen-bond acceptors (Lipinski definition) is 5. The molecule has 9 heteroatoms. The number of nitrogens with zero attached hydrogens (tertiary/aromatic N) is 4. The van der Waals surface area contributed by atoms with Gasteiger partial charge in [-0.1, -0.05) is 58.0 Å². The topological polar surface area (TPSA) is 106 Å². The Hall–Kier alpha value is -4.32. The number of carbonyl (C=O) groups excluding carboxylic acids is 3. The molecule has 2 aromatic carbocycles. The molecule has 4 rings (SSSR count). The van der Waals surface area contributed by atoms with Gasteiger partial charge in [0.05, 0.1) is 24.3 Å². The van der Waals surface area contributed by atoms with Gasteiger partial charge in [-0.2, -0.15) is 5.26 Å². The lowest BCUT2D eigenvalue weighted by atomic mass is 10.1. The molecule has 1 aliphatic heterocycles. The molecule has 2 unspecified atom stereocenters. The fourth-order valence-corrected chi connectivity index (χ4v) is 3.66. The molecule has 0 saturated carbocycles. The molecule has 1 saturated heterocycles. The van der Waals surface area contributed by atoms with Crippen molar-refractivity contribution in [3.8, 4) is 6.07 Å². The van der Waals surface area contributed by atoms with Crippen molar-refractivity contribution < 1.29 is 18.8 Å². The van der Waals surface area contributed by atoms with Crippen molar-refractivity contribution in [1.29, 1.82) is 5.26 Å². The zero-order valence-corrected chi connectivity index (χ0v) is 24.2. The molecule has 3 amide bonds. The van der Waals surface area contributed by atoms with E-state index in [0.717, 1.165) is 34.5 Å². The highest BCUT2D eigenvalue weighted by Crippen LogP contribution is 2.22. The molecule has 1 aliphatic rings. The van der Waals surface area contributed by atoms with Crippen molar-refractivity contribution in [2.75, 3.05) is 25.5 Å². The van der Waals surface area contributed by atoms with Crippen LogP contribution in [-0.4, -0.2) is 59.7 Å². The Bertz CT molecular complexity index is 1240. The third-order valence-corrected chi connectivity index (χ3v) is 5.45. The van der Waals surface area contributed by atoms with Gasteiger partial charge in [0.25, 0.3) is 0 Å². The first-order valence-corrected chi connectivity index (χ1v) is 13.1. The van der Waals surface area contributed by atoms with E-state index in [1.165, 1.54) is 17.2 Å². The second-order valence-corrected chi connectivity index (χ2v) is 10.2. The van der Waals surface area contributed by atoms with E-state index in [-0.39, 0.29) is 24.3 Å². The van der Waals surface area contributed by atoms with E-state index < -0.39 is 0 Å². The van der Waals surface area contributed by atoms with Crippen molar-refractivity contribution >= 4 is 35.3 Å². The van der Waals surface area contributed by atoms with Crippen molar-refractivity contribution in [3.05, 3.63) is 72.2 Å². The zero-order valence-electron chi connectivity index (χ0n) is 24.2. The minimum Gasteiger partial charge on any atom is -0.339 e. The van der Waals surface area contributed by atoms with Gasteiger partial charge < -0.3 is 15.1 Å². The molecule has 1 N–H and O–H groups in total. The summed E-state index contributed by atoms with van der Waals surface area (Å²) in [5.41, 5.74) is 2.73. The maximum absolute atomic E-state index is 12.8. The van der Waals surface area contributed by atoms with Gasteiger partial charge in [0.15, 0.2) is 0 Å². The number of carbonyl (C=O) groups is 3. The van der Waals surface area contributed by atoms with Gasteiger partial charge in [0.1, 0.15) is 11.9 Å². The Kier molecular flexibility index (Phi) is 15.2. The number of halogens is 1. The van der Waals surface area contributed by atoms with Crippen LogP contribution in [0, 0.1) is 35.9 Å². The Morgan fingerprint density at radius 3 is 2.42 bits per heavy atom. The number of hydrogen-bond donors (Lipinski definition) is 1. The molecule has 0 spiro atoms. The highest BCUT2D eigenvalue weighted by molar-refractivity contribution is 5.82. The van der Waals surface area contributed by atoms with Crippen molar-refractivity contribution in [2.45, 2.75) is 47.1 Å². The number of likely N-dealkylation sites (N-methyl/N-ethyl adjacent to an activating group) is 1. The van der Waals surface area contributed by atoms with Gasteiger partial charge in [0.2, 0.25) is 18.7 Å². The van der Waals surface area contributed by atoms with Gasteiger partial charge in [-0.05, 0) is 55.0 Å². The number of fused-ring (bicyclic) bond motifs is 1. The van der Waals surface area contributed by atoms with Crippen molar-refractivity contribution in [2.24, 2.45) is 11.8 Å². The summed E-state index contributed by atoms with van der Waals surface area (Å²) in [6.07, 6.45) is 3.24. The Morgan fingerprint density at radius 2 is 1.85 bits per heavy atom. The molecular formula is C31H40FN5O3. The summed E-state index contributed by atoms with van der Waals surface area (Å²) in [6, 6.07) is 18.3. The number of nitriles is 1. The van der Waals surface area contributed by atoms with E-state index >= 15 is 0 Å². The normalized spacial score (nSPS) is 15.2. The predicted octanol–water partition coefficient (Wildman–Crippen LogP) is 5.43. The maximum Gasteiger partial charge on any atom is 0.243 e. The van der Waals surface area contributed by atoms with E-state index in [0.29, 0.717) is 25.3 Å². The number of amides is 3. The molecule has 0 radical (unpaired) electrons. The predicted molar refractivity (Wildman–Crippen MR) is 157 cm³/mol. The summed E-state index contributed by atoms with van der Waals surface area (Å²) in [5.74, 6) is 0.762. The zero-order chi connectivity index (χ0) is 30.1. The molecule has 1 aromatic heterocycles. The van der Waals surface area contributed by atoms with Crippen LogP contribution in [0.1, 0.15) is 39.7 Å². The van der Waals surface area contributed by atoms with Crippen LogP contribution in [0.25, 0.3) is 10.9 Å². The van der Waals surface area contributed by atoms with Crippen molar-refractivity contribution in [3.63, 3.8) is 0 Å². The summed E-state index contributed by atoms with van der Waals surface area (Å²) < 4.78 is 12.8. The number of nitrogens with one attached hydrogen (secondary N) is 1. The van der Waals surface area contributed by atoms with Crippen LogP contribution in [0.5, 0.6) is 0 Å². The highest BCUT2D eigenvalue weighted by atomic mass is 19.1. The molecule has 0 aliphatic carbocycles. The second-order valence-electron chi connectivity index (χ2n) is 10.2. The van der Waals surface area contributed by atoms with E-state index in [1.807, 2.05) is 62.4 Å². The third kappa shape index (κ3) is 12.5. The van der Waals surface area contributed by atoms with Crippen LogP contribution in [0.15, 0.2) is 60.8 Å². The number of likely N-dealkylation sites (tertiary alicyclic amines) is 1. The largest absolute Gasteiger partial charge is 0.339 e. The van der Waals surface area contributed by atoms with Gasteiger partial charge in [0, 0.05) is 24.7 Å². The fourth-order valence-electron chi connectivity index (χ4n) is 3.66. The molecule has 0 bridgehead atoms. The van der Waals surface area contributed by atoms with Crippen LogP contribution in [0.3, 0.4) is 0 Å². The number of benzene rings is 2. The molecule has 8 nitrogen and oxygen atoms in total. The number of aryl methyl sites for hydroxylation is 1. The maximum atomic E-state index is 12.8. The smallest absolute Gasteiger partial charge is 0.243 e. The number of para-hydroxylation sites is 1. The van der Waals surface area contributed by atoms with E-state index in [2.05, 4.69) is 37.1 Å². The van der Waals surface area contributed by atoms with Crippen LogP contribution in [0.2, 0.25) is 0 Å². The van der Waals surface area contributed by atoms with Crippen molar-refractivity contribution in [1.82, 2.24) is 14.8 Å². The lowest BCUT2D eigenvalue weighted by molar-refractivity contribution is -0.135. The molecule has 40 heavy (non-hydrogen) atoms. The lowest BCUT2D eigenvalue weighted by Crippen LogP contribution is -2.41. The van der Waals surface area contributed by atoms with Gasteiger partial charge in [-0.3, -0.25) is 19.4 Å². The molecule has 2 atom stereocenters. The first kappa shape index (κ1) is 33.7. The van der Waals surface area contributed by atoms with Crippen LogP contribution < -0.4 is 5.32 Å². The fraction of sp³-hybridized carbons (Fsp3) is 0.387. The molecule has 3 aromatic rings. The Morgan fingerprint density at radius 1 is 1.20 bits per heavy atom. The third-order valence-electron chi connectivity index (χ3n) is 5.45. The number of rotatable bonds is 5. The van der Waals surface area contributed by atoms with E-state index in [9.17, 15) is 18.8 Å². The first-order valence-electron chi connectivity index (χ1n) is 13.1. The number of pyridine rings is 1. The van der Waals surface area contributed by atoms with Gasteiger partial charge in [-0.15, -0.1) is 0 Å².